The maximum absolute atomic E-state index is 13.1. The third-order valence-corrected chi connectivity index (χ3v) is 5.39. The Morgan fingerprint density at radius 3 is 2.63 bits per heavy atom. The van der Waals surface area contributed by atoms with E-state index in [2.05, 4.69) is 35.8 Å². The second kappa shape index (κ2) is 8.59. The van der Waals surface area contributed by atoms with Crippen molar-refractivity contribution in [1.29, 1.82) is 0 Å². The Bertz CT molecular complexity index is 822. The zero-order chi connectivity index (χ0) is 19.4. The van der Waals surface area contributed by atoms with Crippen molar-refractivity contribution in [1.82, 2.24) is 4.90 Å². The molecule has 2 aromatic carbocycles. The highest BCUT2D eigenvalue weighted by Crippen LogP contribution is 2.31. The van der Waals surface area contributed by atoms with Crippen LogP contribution in [0.3, 0.4) is 0 Å². The number of nitrogens with zero attached hydrogens (tertiary/aromatic N) is 2. The zero-order valence-corrected chi connectivity index (χ0v) is 16.8. The van der Waals surface area contributed by atoms with E-state index in [1.807, 2.05) is 43.1 Å². The van der Waals surface area contributed by atoms with Gasteiger partial charge >= 0.3 is 0 Å². The Morgan fingerprint density at radius 2 is 1.93 bits per heavy atom. The molecule has 1 N–H and O–H groups in total. The normalized spacial score (nSPS) is 16.7. The second-order valence-electron chi connectivity index (χ2n) is 6.90. The largest absolute Gasteiger partial charge is 0.324 e. The number of carbonyl (C=O) groups excluding carboxylic acids is 2. The second-order valence-corrected chi connectivity index (χ2v) is 7.78. The van der Waals surface area contributed by atoms with Gasteiger partial charge in [-0.15, -0.1) is 11.8 Å². The first-order valence-corrected chi connectivity index (χ1v) is 10.2. The topological polar surface area (TPSA) is 52.7 Å². The first-order chi connectivity index (χ1) is 13.0. The van der Waals surface area contributed by atoms with E-state index >= 15 is 0 Å². The molecule has 0 bridgehead atoms. The van der Waals surface area contributed by atoms with E-state index < -0.39 is 0 Å². The van der Waals surface area contributed by atoms with Gasteiger partial charge in [0, 0.05) is 23.9 Å². The van der Waals surface area contributed by atoms with Crippen LogP contribution in [-0.2, 0) is 16.1 Å². The smallest absolute Gasteiger partial charge is 0.241 e. The Kier molecular flexibility index (Phi) is 6.19. The number of fused-ring (bicyclic) bond motifs is 1. The van der Waals surface area contributed by atoms with Crippen LogP contribution in [0.15, 0.2) is 53.4 Å². The number of likely N-dealkylation sites (N-methyl/N-ethyl adjacent to an activating group) is 1. The number of amides is 2. The molecule has 5 nitrogen and oxygen atoms in total. The fourth-order valence-electron chi connectivity index (χ4n) is 3.37. The number of rotatable bonds is 5. The lowest BCUT2D eigenvalue weighted by Crippen LogP contribution is -2.44. The van der Waals surface area contributed by atoms with Crippen LogP contribution in [0.5, 0.6) is 0 Å². The minimum atomic E-state index is -0.185. The van der Waals surface area contributed by atoms with Crippen molar-refractivity contribution in [3.05, 3.63) is 54.1 Å². The molecule has 0 aliphatic carbocycles. The van der Waals surface area contributed by atoms with Crippen LogP contribution < -0.4 is 10.2 Å². The van der Waals surface area contributed by atoms with Crippen LogP contribution >= 0.6 is 11.8 Å². The highest BCUT2D eigenvalue weighted by Gasteiger charge is 2.29. The first-order valence-electron chi connectivity index (χ1n) is 9.00. The number of anilines is 2. The maximum atomic E-state index is 13.1. The molecule has 1 aliphatic heterocycles. The lowest BCUT2D eigenvalue weighted by atomic mass is 10.1. The summed E-state index contributed by atoms with van der Waals surface area (Å²) in [4.78, 5) is 30.1. The molecule has 6 heteroatoms. The van der Waals surface area contributed by atoms with Crippen molar-refractivity contribution in [2.24, 2.45) is 0 Å². The molecule has 0 fully saturated rings. The van der Waals surface area contributed by atoms with Crippen molar-refractivity contribution in [3.63, 3.8) is 0 Å². The Balaban J connectivity index is 1.73. The van der Waals surface area contributed by atoms with Gasteiger partial charge in [0.15, 0.2) is 0 Å². The van der Waals surface area contributed by atoms with Crippen LogP contribution in [-0.4, -0.2) is 42.6 Å². The molecule has 2 aromatic rings. The van der Waals surface area contributed by atoms with E-state index in [1.165, 1.54) is 10.5 Å². The van der Waals surface area contributed by atoms with Gasteiger partial charge in [-0.25, -0.2) is 0 Å². The Hall–Kier alpha value is -2.31. The van der Waals surface area contributed by atoms with Gasteiger partial charge in [-0.05, 0) is 50.1 Å². The minimum absolute atomic E-state index is 0.00492. The molecule has 1 heterocycles. The van der Waals surface area contributed by atoms with Gasteiger partial charge < -0.3 is 10.2 Å². The maximum Gasteiger partial charge on any atom is 0.241 e. The summed E-state index contributed by atoms with van der Waals surface area (Å²) in [5.41, 5.74) is 2.62. The highest BCUT2D eigenvalue weighted by molar-refractivity contribution is 7.98. The summed E-state index contributed by atoms with van der Waals surface area (Å²) in [6.07, 6.45) is 2.35. The molecule has 27 heavy (non-hydrogen) atoms. The van der Waals surface area contributed by atoms with Crippen molar-refractivity contribution in [2.45, 2.75) is 30.8 Å². The average molecular weight is 384 g/mol. The number of benzene rings is 2. The molecule has 1 aliphatic rings. The van der Waals surface area contributed by atoms with Crippen molar-refractivity contribution in [3.8, 4) is 0 Å². The molecule has 142 valence electrons. The van der Waals surface area contributed by atoms with Gasteiger partial charge in [-0.2, -0.15) is 0 Å². The molecular formula is C21H25N3O2S. The number of nitrogens with one attached hydrogen (secondary N) is 1. The Labute approximate surface area is 164 Å². The summed E-state index contributed by atoms with van der Waals surface area (Å²) in [6, 6.07) is 15.7. The van der Waals surface area contributed by atoms with Crippen molar-refractivity contribution in [2.75, 3.05) is 30.1 Å². The molecule has 0 unspecified atom stereocenters. The van der Waals surface area contributed by atoms with E-state index in [1.54, 1.807) is 16.7 Å². The van der Waals surface area contributed by atoms with Crippen molar-refractivity contribution >= 4 is 35.0 Å². The van der Waals surface area contributed by atoms with E-state index in [9.17, 15) is 9.59 Å². The molecule has 0 radical (unpaired) electrons. The third kappa shape index (κ3) is 4.70. The molecule has 2 amide bonds. The van der Waals surface area contributed by atoms with Crippen LogP contribution in [0, 0.1) is 0 Å². The van der Waals surface area contributed by atoms with Gasteiger partial charge in [-0.1, -0.05) is 24.3 Å². The van der Waals surface area contributed by atoms with Crippen LogP contribution in [0.1, 0.15) is 18.9 Å². The number of thioether (sulfide) groups is 1. The zero-order valence-electron chi connectivity index (χ0n) is 15.9. The molecular weight excluding hydrogens is 358 g/mol. The van der Waals surface area contributed by atoms with Gasteiger partial charge in [0.05, 0.1) is 17.9 Å². The summed E-state index contributed by atoms with van der Waals surface area (Å²) in [7, 11) is 1.94. The summed E-state index contributed by atoms with van der Waals surface area (Å²) >= 11 is 1.71. The molecule has 1 atom stereocenters. The number of hydrogen-bond acceptors (Lipinski definition) is 4. The molecule has 0 saturated carbocycles. The van der Waals surface area contributed by atoms with Gasteiger partial charge in [-0.3, -0.25) is 14.5 Å². The van der Waals surface area contributed by atoms with Gasteiger partial charge in [0.1, 0.15) is 0 Å². The van der Waals surface area contributed by atoms with Crippen LogP contribution in [0.2, 0.25) is 0 Å². The van der Waals surface area contributed by atoms with E-state index in [-0.39, 0.29) is 24.4 Å². The molecule has 0 saturated heterocycles. The highest BCUT2D eigenvalue weighted by atomic mass is 32.2. The number of para-hydroxylation sites is 2. The fraction of sp³-hybridized carbons (Fsp3) is 0.333. The number of hydrogen-bond donors (Lipinski definition) is 1. The van der Waals surface area contributed by atoms with E-state index in [0.717, 1.165) is 5.69 Å². The third-order valence-electron chi connectivity index (χ3n) is 4.64. The quantitative estimate of drug-likeness (QED) is 0.802. The average Bonchev–Trinajstić information content (AvgIpc) is 2.76. The Morgan fingerprint density at radius 1 is 1.22 bits per heavy atom. The first kappa shape index (κ1) is 19.5. The van der Waals surface area contributed by atoms with Crippen LogP contribution in [0.25, 0.3) is 0 Å². The standard InChI is InChI=1S/C21H25N3O2S/c1-15-12-20(25)22-18-6-4-5-7-19(18)24(15)21(26)14-23(2)13-16-8-10-17(27-3)11-9-16/h4-11,15H,12-14H2,1-3H3,(H,22,25)/t15-/m0/s1. The van der Waals surface area contributed by atoms with Gasteiger partial charge in [0.2, 0.25) is 11.8 Å². The predicted octanol–water partition coefficient (Wildman–Crippen LogP) is 3.60. The number of carbonyl (C=O) groups is 2. The molecule has 0 spiro atoms. The lowest BCUT2D eigenvalue weighted by molar-refractivity contribution is -0.120. The minimum Gasteiger partial charge on any atom is -0.324 e. The summed E-state index contributed by atoms with van der Waals surface area (Å²) in [5, 5.41) is 2.89. The SMILES string of the molecule is CSc1ccc(CN(C)CC(=O)N2c3ccccc3NC(=O)C[C@@H]2C)cc1. The summed E-state index contributed by atoms with van der Waals surface area (Å²) < 4.78 is 0. The van der Waals surface area contributed by atoms with E-state index in [0.29, 0.717) is 18.7 Å². The van der Waals surface area contributed by atoms with E-state index in [4.69, 9.17) is 0 Å². The summed E-state index contributed by atoms with van der Waals surface area (Å²) in [5.74, 6) is -0.0674. The molecule has 3 rings (SSSR count). The van der Waals surface area contributed by atoms with Crippen molar-refractivity contribution < 1.29 is 9.59 Å². The summed E-state index contributed by atoms with van der Waals surface area (Å²) in [6.45, 7) is 2.90. The fourth-order valence-corrected chi connectivity index (χ4v) is 3.78. The monoisotopic (exact) mass is 383 g/mol. The molecule has 0 aromatic heterocycles. The van der Waals surface area contributed by atoms with Crippen LogP contribution in [0.4, 0.5) is 11.4 Å². The van der Waals surface area contributed by atoms with Gasteiger partial charge in [0.25, 0.3) is 0 Å². The predicted molar refractivity (Wildman–Crippen MR) is 111 cm³/mol. The lowest BCUT2D eigenvalue weighted by Gasteiger charge is -2.29.